The number of rotatable bonds is 7. The number of aromatic nitrogens is 2. The van der Waals surface area contributed by atoms with Gasteiger partial charge in [-0.15, -0.1) is 0 Å². The smallest absolute Gasteiger partial charge is 0.254 e. The number of carbonyl (C=O) groups is 1. The molecule has 1 amide bonds. The van der Waals surface area contributed by atoms with E-state index in [0.29, 0.717) is 23.8 Å². The van der Waals surface area contributed by atoms with E-state index in [1.165, 1.54) is 6.20 Å². The van der Waals surface area contributed by atoms with Crippen LogP contribution in [0.15, 0.2) is 6.20 Å². The van der Waals surface area contributed by atoms with Crippen molar-refractivity contribution in [3.63, 3.8) is 0 Å². The van der Waals surface area contributed by atoms with E-state index in [-0.39, 0.29) is 6.61 Å². The quantitative estimate of drug-likeness (QED) is 0.599. The third kappa shape index (κ3) is 4.36. The molecule has 1 heterocycles. The van der Waals surface area contributed by atoms with Crippen molar-refractivity contribution in [1.29, 1.82) is 0 Å². The lowest BCUT2D eigenvalue weighted by molar-refractivity contribution is 0.100. The summed E-state index contributed by atoms with van der Waals surface area (Å²) in [7, 11) is 0. The van der Waals surface area contributed by atoms with Crippen molar-refractivity contribution < 1.29 is 9.90 Å². The van der Waals surface area contributed by atoms with E-state index in [1.54, 1.807) is 6.92 Å². The first-order valence-electron chi connectivity index (χ1n) is 5.63. The van der Waals surface area contributed by atoms with Crippen LogP contribution in [0, 0.1) is 6.92 Å². The van der Waals surface area contributed by atoms with Crippen LogP contribution < -0.4 is 11.1 Å². The molecule has 0 aliphatic rings. The van der Waals surface area contributed by atoms with Gasteiger partial charge in [0.2, 0.25) is 0 Å². The summed E-state index contributed by atoms with van der Waals surface area (Å²) in [5.41, 5.74) is 5.53. The maximum absolute atomic E-state index is 11.1. The molecule has 1 aromatic rings. The van der Waals surface area contributed by atoms with Crippen molar-refractivity contribution in [2.45, 2.75) is 26.2 Å². The Bertz CT molecular complexity index is 382. The number of aliphatic hydroxyl groups excluding tert-OH is 1. The normalized spacial score (nSPS) is 10.2. The van der Waals surface area contributed by atoms with Crippen LogP contribution in [0.1, 0.15) is 35.4 Å². The highest BCUT2D eigenvalue weighted by atomic mass is 16.2. The maximum atomic E-state index is 11.1. The van der Waals surface area contributed by atoms with Gasteiger partial charge in [0.15, 0.2) is 0 Å². The molecule has 4 N–H and O–H groups in total. The molecule has 6 heteroatoms. The van der Waals surface area contributed by atoms with Crippen LogP contribution in [-0.2, 0) is 0 Å². The van der Waals surface area contributed by atoms with Gasteiger partial charge in [-0.2, -0.15) is 0 Å². The molecule has 0 radical (unpaired) electrons. The van der Waals surface area contributed by atoms with Crippen molar-refractivity contribution in [3.05, 3.63) is 17.6 Å². The third-order valence-electron chi connectivity index (χ3n) is 2.30. The summed E-state index contributed by atoms with van der Waals surface area (Å²) in [5.74, 6) is 0.532. The van der Waals surface area contributed by atoms with E-state index < -0.39 is 5.91 Å². The fourth-order valence-corrected chi connectivity index (χ4v) is 1.41. The molecule has 0 spiro atoms. The molecule has 1 rings (SSSR count). The summed E-state index contributed by atoms with van der Waals surface area (Å²) in [5, 5.41) is 11.7. The number of nitrogens with one attached hydrogen (secondary N) is 1. The van der Waals surface area contributed by atoms with Gasteiger partial charge in [-0.1, -0.05) is 0 Å². The number of primary amides is 1. The number of aliphatic hydroxyl groups is 1. The molecule has 1 aromatic heterocycles. The average molecular weight is 238 g/mol. The predicted molar refractivity (Wildman–Crippen MR) is 64.7 cm³/mol. The van der Waals surface area contributed by atoms with Gasteiger partial charge >= 0.3 is 0 Å². The molecular weight excluding hydrogens is 220 g/mol. The molecule has 0 aliphatic carbocycles. The van der Waals surface area contributed by atoms with Gasteiger partial charge in [-0.25, -0.2) is 9.97 Å². The van der Waals surface area contributed by atoms with Gasteiger partial charge in [0, 0.05) is 19.3 Å². The number of aryl methyl sites for hydroxylation is 1. The van der Waals surface area contributed by atoms with E-state index in [4.69, 9.17) is 10.8 Å². The van der Waals surface area contributed by atoms with E-state index in [1.807, 2.05) is 0 Å². The summed E-state index contributed by atoms with van der Waals surface area (Å²) in [6.07, 6.45) is 4.05. The summed E-state index contributed by atoms with van der Waals surface area (Å²) in [4.78, 5) is 19.2. The second kappa shape index (κ2) is 6.80. The number of hydrogen-bond donors (Lipinski definition) is 3. The van der Waals surface area contributed by atoms with E-state index in [0.717, 1.165) is 19.3 Å². The molecule has 0 saturated heterocycles. The number of unbranched alkanes of at least 4 members (excludes halogenated alkanes) is 2. The molecule has 0 fully saturated rings. The lowest BCUT2D eigenvalue weighted by atomic mass is 10.2. The Morgan fingerprint density at radius 3 is 2.88 bits per heavy atom. The minimum absolute atomic E-state index is 0.207. The SMILES string of the molecule is Cc1ncc(C(N)=O)c(NCCCCCO)n1. The van der Waals surface area contributed by atoms with Gasteiger partial charge in [0.1, 0.15) is 11.6 Å². The fourth-order valence-electron chi connectivity index (χ4n) is 1.41. The summed E-state index contributed by atoms with van der Waals surface area (Å²) in [6, 6.07) is 0. The number of nitrogens with two attached hydrogens (primary N) is 1. The van der Waals surface area contributed by atoms with Crippen LogP contribution in [-0.4, -0.2) is 34.1 Å². The van der Waals surface area contributed by atoms with Crippen molar-refractivity contribution in [2.75, 3.05) is 18.5 Å². The molecule has 0 bridgehead atoms. The summed E-state index contributed by atoms with van der Waals surface area (Å²) >= 11 is 0. The number of hydrogen-bond acceptors (Lipinski definition) is 5. The van der Waals surface area contributed by atoms with Gasteiger partial charge in [-0.3, -0.25) is 4.79 Å². The zero-order chi connectivity index (χ0) is 12.7. The Morgan fingerprint density at radius 1 is 1.47 bits per heavy atom. The van der Waals surface area contributed by atoms with E-state index in [9.17, 15) is 4.79 Å². The summed E-state index contributed by atoms with van der Waals surface area (Å²) < 4.78 is 0. The molecule has 0 aromatic carbocycles. The zero-order valence-electron chi connectivity index (χ0n) is 9.94. The average Bonchev–Trinajstić information content (AvgIpc) is 2.28. The highest BCUT2D eigenvalue weighted by molar-refractivity contribution is 5.97. The minimum Gasteiger partial charge on any atom is -0.396 e. The molecule has 0 unspecified atom stereocenters. The Labute approximate surface area is 100 Å². The standard InChI is InChI=1S/C11H18N4O2/c1-8-14-7-9(10(12)17)11(15-8)13-5-3-2-4-6-16/h7,16H,2-6H2,1H3,(H2,12,17)(H,13,14,15). The first-order valence-corrected chi connectivity index (χ1v) is 5.63. The van der Waals surface area contributed by atoms with Crippen molar-refractivity contribution in [2.24, 2.45) is 5.73 Å². The Hall–Kier alpha value is -1.69. The van der Waals surface area contributed by atoms with Crippen LogP contribution in [0.25, 0.3) is 0 Å². The lowest BCUT2D eigenvalue weighted by Gasteiger charge is -2.08. The number of amides is 1. The van der Waals surface area contributed by atoms with Crippen LogP contribution in [0.5, 0.6) is 0 Å². The summed E-state index contributed by atoms with van der Waals surface area (Å²) in [6.45, 7) is 2.65. The zero-order valence-corrected chi connectivity index (χ0v) is 9.94. The Morgan fingerprint density at radius 2 is 2.24 bits per heavy atom. The van der Waals surface area contributed by atoms with E-state index >= 15 is 0 Å². The third-order valence-corrected chi connectivity index (χ3v) is 2.30. The minimum atomic E-state index is -0.539. The van der Waals surface area contributed by atoms with Crippen LogP contribution in [0.4, 0.5) is 5.82 Å². The van der Waals surface area contributed by atoms with E-state index in [2.05, 4.69) is 15.3 Å². The molecule has 17 heavy (non-hydrogen) atoms. The topological polar surface area (TPSA) is 101 Å². The van der Waals surface area contributed by atoms with Gasteiger partial charge in [0.25, 0.3) is 5.91 Å². The molecular formula is C11H18N4O2. The Balaban J connectivity index is 2.56. The van der Waals surface area contributed by atoms with Crippen molar-refractivity contribution in [3.8, 4) is 0 Å². The molecule has 94 valence electrons. The number of nitrogens with zero attached hydrogens (tertiary/aromatic N) is 2. The van der Waals surface area contributed by atoms with Crippen LogP contribution in [0.3, 0.4) is 0 Å². The van der Waals surface area contributed by atoms with Gasteiger partial charge in [-0.05, 0) is 26.2 Å². The first-order chi connectivity index (χ1) is 8.15. The van der Waals surface area contributed by atoms with Gasteiger partial charge in [0.05, 0.1) is 5.56 Å². The van der Waals surface area contributed by atoms with Gasteiger partial charge < -0.3 is 16.2 Å². The Kier molecular flexibility index (Phi) is 5.35. The van der Waals surface area contributed by atoms with Crippen LogP contribution in [0.2, 0.25) is 0 Å². The lowest BCUT2D eigenvalue weighted by Crippen LogP contribution is -2.17. The van der Waals surface area contributed by atoms with Crippen molar-refractivity contribution in [1.82, 2.24) is 9.97 Å². The number of anilines is 1. The second-order valence-corrected chi connectivity index (χ2v) is 3.75. The molecule has 0 atom stereocenters. The molecule has 0 aliphatic heterocycles. The molecule has 6 nitrogen and oxygen atoms in total. The monoisotopic (exact) mass is 238 g/mol. The van der Waals surface area contributed by atoms with Crippen LogP contribution >= 0.6 is 0 Å². The van der Waals surface area contributed by atoms with Crippen molar-refractivity contribution >= 4 is 11.7 Å². The first kappa shape index (κ1) is 13.4. The maximum Gasteiger partial charge on any atom is 0.254 e. The molecule has 0 saturated carbocycles. The highest BCUT2D eigenvalue weighted by Crippen LogP contribution is 2.11. The number of carbonyl (C=O) groups excluding carboxylic acids is 1. The highest BCUT2D eigenvalue weighted by Gasteiger charge is 2.09. The second-order valence-electron chi connectivity index (χ2n) is 3.75. The largest absolute Gasteiger partial charge is 0.396 e. The predicted octanol–water partition coefficient (Wildman–Crippen LogP) is 0.458. The fraction of sp³-hybridized carbons (Fsp3) is 0.545.